The number of pyridine rings is 1. The Balaban J connectivity index is 1.24. The Morgan fingerprint density at radius 2 is 1.83 bits per heavy atom. The zero-order valence-corrected chi connectivity index (χ0v) is 24.6. The molecule has 11 heteroatoms. The third-order valence-corrected chi connectivity index (χ3v) is 9.06. The van der Waals surface area contributed by atoms with Crippen molar-refractivity contribution >= 4 is 44.8 Å². The Morgan fingerprint density at radius 3 is 2.49 bits per heavy atom. The number of halogens is 1. The van der Waals surface area contributed by atoms with E-state index in [2.05, 4.69) is 15.6 Å². The molecule has 9 nitrogen and oxygen atoms in total. The summed E-state index contributed by atoms with van der Waals surface area (Å²) >= 11 is 6.05. The van der Waals surface area contributed by atoms with Crippen molar-refractivity contribution in [2.24, 2.45) is 5.92 Å². The van der Waals surface area contributed by atoms with Crippen molar-refractivity contribution < 1.29 is 22.7 Å². The van der Waals surface area contributed by atoms with Crippen molar-refractivity contribution in [3.8, 4) is 5.75 Å². The molecule has 1 aromatic heterocycles. The van der Waals surface area contributed by atoms with Gasteiger partial charge in [-0.05, 0) is 73.6 Å². The topological polar surface area (TPSA) is 118 Å². The fourth-order valence-corrected chi connectivity index (χ4v) is 6.04. The highest BCUT2D eigenvalue weighted by Gasteiger charge is 2.46. The quantitative estimate of drug-likeness (QED) is 0.364. The lowest BCUT2D eigenvalue weighted by atomic mass is 9.92. The largest absolute Gasteiger partial charge is 0.497 e. The Labute approximate surface area is 245 Å². The van der Waals surface area contributed by atoms with Crippen LogP contribution in [0, 0.1) is 5.92 Å². The summed E-state index contributed by atoms with van der Waals surface area (Å²) in [5, 5.41) is 6.51. The van der Waals surface area contributed by atoms with E-state index in [1.54, 1.807) is 31.4 Å². The fraction of sp³-hybridized carbons (Fsp3) is 0.367. The fourth-order valence-electron chi connectivity index (χ4n) is 5.27. The molecule has 3 aromatic rings. The first kappa shape index (κ1) is 28.9. The van der Waals surface area contributed by atoms with Crippen LogP contribution in [0.15, 0.2) is 65.7 Å². The highest BCUT2D eigenvalue weighted by Crippen LogP contribution is 2.46. The standard InChI is InChI=1S/C30H33ClN4O5S/c1-40-24-8-4-6-22(17-24)30(11-12-30)34-27(36)15-20-9-13-35(14-10-20)28-26(18-25(19-32-28)41(2,38)39)33-29(37)21-5-3-7-23(31)16-21/h3-8,16-20H,9-15H2,1-2H3,(H,33,37)(H,34,36). The van der Waals surface area contributed by atoms with Gasteiger partial charge >= 0.3 is 0 Å². The van der Waals surface area contributed by atoms with Gasteiger partial charge in [-0.15, -0.1) is 0 Å². The summed E-state index contributed by atoms with van der Waals surface area (Å²) in [5.41, 5.74) is 1.41. The molecule has 41 heavy (non-hydrogen) atoms. The number of carbonyl (C=O) groups is 2. The molecule has 1 aliphatic carbocycles. The Bertz CT molecular complexity index is 1570. The molecule has 1 saturated heterocycles. The molecule has 1 saturated carbocycles. The molecule has 1 aliphatic heterocycles. The van der Waals surface area contributed by atoms with Crippen LogP contribution < -0.4 is 20.3 Å². The second kappa shape index (κ2) is 11.7. The van der Waals surface area contributed by atoms with Gasteiger partial charge in [-0.2, -0.15) is 0 Å². The first-order valence-electron chi connectivity index (χ1n) is 13.5. The summed E-state index contributed by atoms with van der Waals surface area (Å²) in [6, 6.07) is 15.8. The molecule has 2 aliphatic rings. The third kappa shape index (κ3) is 6.82. The van der Waals surface area contributed by atoms with Gasteiger partial charge in [0.05, 0.1) is 23.2 Å². The lowest BCUT2D eigenvalue weighted by Gasteiger charge is -2.34. The van der Waals surface area contributed by atoms with Gasteiger partial charge in [0.1, 0.15) is 5.75 Å². The van der Waals surface area contributed by atoms with Crippen LogP contribution >= 0.6 is 11.6 Å². The first-order valence-corrected chi connectivity index (χ1v) is 15.8. The molecular weight excluding hydrogens is 564 g/mol. The number of ether oxygens (including phenoxy) is 1. The molecule has 2 amide bonds. The minimum absolute atomic E-state index is 0.0132. The zero-order chi connectivity index (χ0) is 29.2. The van der Waals surface area contributed by atoms with Crippen molar-refractivity contribution in [3.63, 3.8) is 0 Å². The van der Waals surface area contributed by atoms with E-state index in [-0.39, 0.29) is 22.3 Å². The molecule has 2 heterocycles. The summed E-state index contributed by atoms with van der Waals surface area (Å²) in [7, 11) is -1.91. The number of piperidine rings is 1. The molecule has 0 unspecified atom stereocenters. The van der Waals surface area contributed by atoms with Crippen molar-refractivity contribution in [2.75, 3.05) is 36.7 Å². The van der Waals surface area contributed by atoms with Crippen molar-refractivity contribution in [1.29, 1.82) is 0 Å². The number of hydrogen-bond acceptors (Lipinski definition) is 7. The molecule has 0 spiro atoms. The van der Waals surface area contributed by atoms with E-state index in [0.717, 1.165) is 43.3 Å². The third-order valence-electron chi connectivity index (χ3n) is 7.74. The van der Waals surface area contributed by atoms with Gasteiger partial charge in [-0.25, -0.2) is 13.4 Å². The number of nitrogens with one attached hydrogen (secondary N) is 2. The molecule has 216 valence electrons. The molecule has 5 rings (SSSR count). The average molecular weight is 597 g/mol. The summed E-state index contributed by atoms with van der Waals surface area (Å²) < 4.78 is 29.8. The second-order valence-corrected chi connectivity index (χ2v) is 13.2. The number of nitrogens with zero attached hydrogens (tertiary/aromatic N) is 2. The number of methoxy groups -OCH3 is 1. The lowest BCUT2D eigenvalue weighted by Crippen LogP contribution is -2.39. The highest BCUT2D eigenvalue weighted by molar-refractivity contribution is 7.90. The number of anilines is 2. The molecule has 0 radical (unpaired) electrons. The van der Waals surface area contributed by atoms with Crippen LogP contribution in [0.1, 0.15) is 48.0 Å². The van der Waals surface area contributed by atoms with E-state index in [1.807, 2.05) is 29.2 Å². The van der Waals surface area contributed by atoms with E-state index >= 15 is 0 Å². The minimum atomic E-state index is -3.54. The summed E-state index contributed by atoms with van der Waals surface area (Å²) in [5.74, 6) is 1.08. The maximum Gasteiger partial charge on any atom is 0.255 e. The maximum absolute atomic E-state index is 13.0. The van der Waals surface area contributed by atoms with Gasteiger partial charge in [-0.1, -0.05) is 29.8 Å². The Hall–Kier alpha value is -3.63. The average Bonchev–Trinajstić information content (AvgIpc) is 3.73. The molecule has 2 aromatic carbocycles. The van der Waals surface area contributed by atoms with E-state index in [0.29, 0.717) is 41.6 Å². The van der Waals surface area contributed by atoms with Crippen molar-refractivity contribution in [1.82, 2.24) is 10.3 Å². The number of carbonyl (C=O) groups excluding carboxylic acids is 2. The van der Waals surface area contributed by atoms with Gasteiger partial charge in [0, 0.05) is 42.5 Å². The minimum Gasteiger partial charge on any atom is -0.497 e. The number of sulfone groups is 1. The predicted molar refractivity (Wildman–Crippen MR) is 158 cm³/mol. The number of aromatic nitrogens is 1. The molecule has 2 N–H and O–H groups in total. The summed E-state index contributed by atoms with van der Waals surface area (Å²) in [6.45, 7) is 1.23. The number of amides is 2. The smallest absolute Gasteiger partial charge is 0.255 e. The number of rotatable bonds is 9. The van der Waals surface area contributed by atoms with Crippen LogP contribution in [0.25, 0.3) is 0 Å². The lowest BCUT2D eigenvalue weighted by molar-refractivity contribution is -0.123. The van der Waals surface area contributed by atoms with Crippen LogP contribution in [0.5, 0.6) is 5.75 Å². The van der Waals surface area contributed by atoms with Crippen molar-refractivity contribution in [3.05, 3.63) is 76.9 Å². The Morgan fingerprint density at radius 1 is 1.10 bits per heavy atom. The van der Waals surface area contributed by atoms with Crippen LogP contribution in [-0.4, -0.2) is 51.7 Å². The van der Waals surface area contributed by atoms with E-state index in [9.17, 15) is 18.0 Å². The van der Waals surface area contributed by atoms with Crippen molar-refractivity contribution in [2.45, 2.75) is 42.5 Å². The number of benzene rings is 2. The summed E-state index contributed by atoms with van der Waals surface area (Å²) in [4.78, 5) is 32.5. The van der Waals surface area contributed by atoms with Crippen LogP contribution in [0.4, 0.5) is 11.5 Å². The van der Waals surface area contributed by atoms with Gasteiger partial charge in [-0.3, -0.25) is 9.59 Å². The SMILES string of the molecule is COc1cccc(C2(NC(=O)CC3CCN(c4ncc(S(C)(=O)=O)cc4NC(=O)c4cccc(Cl)c4)CC3)CC2)c1. The monoisotopic (exact) mass is 596 g/mol. The highest BCUT2D eigenvalue weighted by atomic mass is 35.5. The second-order valence-electron chi connectivity index (χ2n) is 10.8. The summed E-state index contributed by atoms with van der Waals surface area (Å²) in [6.07, 6.45) is 6.17. The first-order chi connectivity index (χ1) is 19.6. The van der Waals surface area contributed by atoms with Gasteiger partial charge in [0.15, 0.2) is 15.7 Å². The van der Waals surface area contributed by atoms with Crippen LogP contribution in [0.3, 0.4) is 0 Å². The Kier molecular flexibility index (Phi) is 8.24. The van der Waals surface area contributed by atoms with Gasteiger partial charge in [0.2, 0.25) is 5.91 Å². The van der Waals surface area contributed by atoms with E-state index in [4.69, 9.17) is 16.3 Å². The van der Waals surface area contributed by atoms with E-state index in [1.165, 1.54) is 12.3 Å². The van der Waals surface area contributed by atoms with E-state index < -0.39 is 15.7 Å². The normalized spacial score (nSPS) is 16.6. The molecule has 0 atom stereocenters. The number of hydrogen-bond donors (Lipinski definition) is 2. The maximum atomic E-state index is 13.0. The molecule has 2 fully saturated rings. The van der Waals surface area contributed by atoms with Crippen LogP contribution in [0.2, 0.25) is 5.02 Å². The zero-order valence-electron chi connectivity index (χ0n) is 23.0. The predicted octanol–water partition coefficient (Wildman–Crippen LogP) is 4.81. The molecule has 0 bridgehead atoms. The van der Waals surface area contributed by atoms with Crippen LogP contribution in [-0.2, 0) is 20.2 Å². The molecular formula is C30H33ClN4O5S. The van der Waals surface area contributed by atoms with Gasteiger partial charge in [0.25, 0.3) is 5.91 Å². The van der Waals surface area contributed by atoms with Gasteiger partial charge < -0.3 is 20.3 Å².